The van der Waals surface area contributed by atoms with E-state index in [1.807, 2.05) is 49.4 Å². The Kier molecular flexibility index (Phi) is 5.06. The van der Waals surface area contributed by atoms with Gasteiger partial charge >= 0.3 is 5.97 Å². The van der Waals surface area contributed by atoms with E-state index in [1.54, 1.807) is 17.8 Å². The van der Waals surface area contributed by atoms with Gasteiger partial charge in [-0.1, -0.05) is 42.5 Å². The SMILES string of the molecule is C/C=C/CSc1cc(C(=O)O)cc(N)c1-c1ccccc1. The van der Waals surface area contributed by atoms with E-state index in [4.69, 9.17) is 5.73 Å². The van der Waals surface area contributed by atoms with Crippen molar-refractivity contribution >= 4 is 23.4 Å². The van der Waals surface area contributed by atoms with E-state index < -0.39 is 5.97 Å². The molecule has 0 amide bonds. The average molecular weight is 299 g/mol. The molecule has 2 aromatic carbocycles. The van der Waals surface area contributed by atoms with E-state index in [2.05, 4.69) is 0 Å². The van der Waals surface area contributed by atoms with Gasteiger partial charge in [-0.05, 0) is 24.6 Å². The van der Waals surface area contributed by atoms with Crippen molar-refractivity contribution in [1.82, 2.24) is 0 Å². The highest BCUT2D eigenvalue weighted by Crippen LogP contribution is 2.37. The topological polar surface area (TPSA) is 63.3 Å². The lowest BCUT2D eigenvalue weighted by atomic mass is 10.0. The molecule has 0 unspecified atom stereocenters. The van der Waals surface area contributed by atoms with Crippen LogP contribution in [-0.4, -0.2) is 16.8 Å². The van der Waals surface area contributed by atoms with Crippen molar-refractivity contribution in [1.29, 1.82) is 0 Å². The molecule has 21 heavy (non-hydrogen) atoms. The number of benzene rings is 2. The van der Waals surface area contributed by atoms with Crippen molar-refractivity contribution in [2.75, 3.05) is 11.5 Å². The van der Waals surface area contributed by atoms with Gasteiger partial charge in [0.25, 0.3) is 0 Å². The molecule has 3 nitrogen and oxygen atoms in total. The smallest absolute Gasteiger partial charge is 0.335 e. The van der Waals surface area contributed by atoms with Gasteiger partial charge in [0.2, 0.25) is 0 Å². The quantitative estimate of drug-likeness (QED) is 0.491. The third kappa shape index (κ3) is 3.67. The molecular weight excluding hydrogens is 282 g/mol. The molecule has 0 fully saturated rings. The van der Waals surface area contributed by atoms with Crippen molar-refractivity contribution in [2.24, 2.45) is 0 Å². The first-order chi connectivity index (χ1) is 10.1. The van der Waals surface area contributed by atoms with Gasteiger partial charge in [0.15, 0.2) is 0 Å². The van der Waals surface area contributed by atoms with E-state index in [1.165, 1.54) is 6.07 Å². The zero-order valence-electron chi connectivity index (χ0n) is 11.7. The summed E-state index contributed by atoms with van der Waals surface area (Å²) in [6, 6.07) is 13.0. The van der Waals surface area contributed by atoms with Crippen LogP contribution >= 0.6 is 11.8 Å². The minimum atomic E-state index is -0.964. The summed E-state index contributed by atoms with van der Waals surface area (Å²) in [4.78, 5) is 12.1. The zero-order chi connectivity index (χ0) is 15.2. The standard InChI is InChI=1S/C17H17NO2S/c1-2-3-9-21-15-11-13(17(19)20)10-14(18)16(15)12-7-5-4-6-8-12/h2-8,10-11H,9,18H2,1H3,(H,19,20)/b3-2+. The fourth-order valence-corrected chi connectivity index (χ4v) is 3.08. The van der Waals surface area contributed by atoms with E-state index in [0.717, 1.165) is 21.8 Å². The van der Waals surface area contributed by atoms with Gasteiger partial charge in [-0.15, -0.1) is 11.8 Å². The first-order valence-electron chi connectivity index (χ1n) is 6.59. The summed E-state index contributed by atoms with van der Waals surface area (Å²) < 4.78 is 0. The molecule has 0 bridgehead atoms. The number of thioether (sulfide) groups is 1. The summed E-state index contributed by atoms with van der Waals surface area (Å²) in [6.07, 6.45) is 4.00. The number of allylic oxidation sites excluding steroid dienone is 1. The Morgan fingerprint density at radius 2 is 2.00 bits per heavy atom. The molecule has 0 aromatic heterocycles. The van der Waals surface area contributed by atoms with Crippen molar-refractivity contribution in [2.45, 2.75) is 11.8 Å². The van der Waals surface area contributed by atoms with Crippen molar-refractivity contribution in [3.63, 3.8) is 0 Å². The lowest BCUT2D eigenvalue weighted by Crippen LogP contribution is -2.01. The van der Waals surface area contributed by atoms with Crippen LogP contribution in [-0.2, 0) is 0 Å². The maximum absolute atomic E-state index is 11.2. The Bertz CT molecular complexity index is 666. The highest BCUT2D eigenvalue weighted by molar-refractivity contribution is 7.99. The maximum Gasteiger partial charge on any atom is 0.335 e. The number of anilines is 1. The molecule has 2 aromatic rings. The molecule has 2 rings (SSSR count). The largest absolute Gasteiger partial charge is 0.478 e. The number of nitrogen functional groups attached to an aromatic ring is 1. The molecule has 0 saturated carbocycles. The van der Waals surface area contributed by atoms with Crippen molar-refractivity contribution < 1.29 is 9.90 Å². The lowest BCUT2D eigenvalue weighted by molar-refractivity contribution is 0.0696. The molecule has 4 heteroatoms. The van der Waals surface area contributed by atoms with E-state index in [9.17, 15) is 9.90 Å². The molecule has 3 N–H and O–H groups in total. The van der Waals surface area contributed by atoms with Crippen LogP contribution < -0.4 is 5.73 Å². The van der Waals surface area contributed by atoms with E-state index >= 15 is 0 Å². The molecule has 0 spiro atoms. The Morgan fingerprint density at radius 3 is 2.62 bits per heavy atom. The summed E-state index contributed by atoms with van der Waals surface area (Å²) in [6.45, 7) is 1.96. The number of aromatic carboxylic acids is 1. The number of hydrogen-bond donors (Lipinski definition) is 2. The molecule has 108 valence electrons. The highest BCUT2D eigenvalue weighted by Gasteiger charge is 2.14. The predicted molar refractivity (Wildman–Crippen MR) is 88.8 cm³/mol. The Labute approximate surface area is 128 Å². The van der Waals surface area contributed by atoms with Gasteiger partial charge in [-0.3, -0.25) is 0 Å². The maximum atomic E-state index is 11.2. The highest BCUT2D eigenvalue weighted by atomic mass is 32.2. The monoisotopic (exact) mass is 299 g/mol. The lowest BCUT2D eigenvalue weighted by Gasteiger charge is -2.13. The Hall–Kier alpha value is -2.20. The third-order valence-corrected chi connectivity index (χ3v) is 4.00. The molecule has 0 atom stereocenters. The fourth-order valence-electron chi connectivity index (χ4n) is 2.02. The number of hydrogen-bond acceptors (Lipinski definition) is 3. The average Bonchev–Trinajstić information content (AvgIpc) is 2.48. The van der Waals surface area contributed by atoms with Crippen LogP contribution in [0.4, 0.5) is 5.69 Å². The molecule has 0 saturated heterocycles. The first-order valence-corrected chi connectivity index (χ1v) is 7.58. The molecular formula is C17H17NO2S. The summed E-state index contributed by atoms with van der Waals surface area (Å²) in [5.74, 6) is -0.187. The number of carboxylic acid groups (broad SMARTS) is 1. The predicted octanol–water partition coefficient (Wildman–Crippen LogP) is 4.30. The van der Waals surface area contributed by atoms with Crippen molar-refractivity contribution in [3.05, 3.63) is 60.2 Å². The van der Waals surface area contributed by atoms with Crippen LogP contribution in [0.5, 0.6) is 0 Å². The Balaban J connectivity index is 2.53. The van der Waals surface area contributed by atoms with Gasteiger partial charge in [-0.25, -0.2) is 4.79 Å². The van der Waals surface area contributed by atoms with Gasteiger partial charge in [0.1, 0.15) is 0 Å². The molecule has 0 radical (unpaired) electrons. The zero-order valence-corrected chi connectivity index (χ0v) is 12.6. The molecule has 0 aliphatic carbocycles. The molecule has 0 aliphatic heterocycles. The summed E-state index contributed by atoms with van der Waals surface area (Å²) in [7, 11) is 0. The summed E-state index contributed by atoms with van der Waals surface area (Å²) >= 11 is 1.58. The number of carboxylic acids is 1. The Morgan fingerprint density at radius 1 is 1.29 bits per heavy atom. The van der Waals surface area contributed by atoms with Crippen molar-refractivity contribution in [3.8, 4) is 11.1 Å². The minimum absolute atomic E-state index is 0.218. The number of carbonyl (C=O) groups is 1. The van der Waals surface area contributed by atoms with Gasteiger partial charge in [0.05, 0.1) is 5.56 Å². The minimum Gasteiger partial charge on any atom is -0.478 e. The second kappa shape index (κ2) is 6.99. The second-order valence-corrected chi connectivity index (χ2v) is 5.55. The van der Waals surface area contributed by atoms with Gasteiger partial charge in [0, 0.05) is 21.9 Å². The first kappa shape index (κ1) is 15.2. The van der Waals surface area contributed by atoms with E-state index in [-0.39, 0.29) is 5.56 Å². The van der Waals surface area contributed by atoms with Crippen LogP contribution in [0.25, 0.3) is 11.1 Å². The van der Waals surface area contributed by atoms with Gasteiger partial charge < -0.3 is 10.8 Å². The van der Waals surface area contributed by atoms with E-state index in [0.29, 0.717) is 5.69 Å². The van der Waals surface area contributed by atoms with Crippen LogP contribution in [0.3, 0.4) is 0 Å². The normalized spacial score (nSPS) is 10.9. The number of nitrogens with two attached hydrogens (primary N) is 1. The van der Waals surface area contributed by atoms with Gasteiger partial charge in [-0.2, -0.15) is 0 Å². The summed E-state index contributed by atoms with van der Waals surface area (Å²) in [5.41, 5.74) is 8.70. The second-order valence-electron chi connectivity index (χ2n) is 4.49. The fraction of sp³-hybridized carbons (Fsp3) is 0.118. The van der Waals surface area contributed by atoms with Crippen LogP contribution in [0.2, 0.25) is 0 Å². The molecule has 0 heterocycles. The molecule has 0 aliphatic rings. The third-order valence-electron chi connectivity index (χ3n) is 3.01. The van der Waals surface area contributed by atoms with Crippen LogP contribution in [0.1, 0.15) is 17.3 Å². The van der Waals surface area contributed by atoms with Crippen LogP contribution in [0, 0.1) is 0 Å². The van der Waals surface area contributed by atoms with Crippen LogP contribution in [0.15, 0.2) is 59.5 Å². The summed E-state index contributed by atoms with van der Waals surface area (Å²) in [5, 5.41) is 9.19. The number of rotatable bonds is 5.